The zero-order valence-corrected chi connectivity index (χ0v) is 11.8. The number of carbonyl (C=O) groups is 1. The minimum absolute atomic E-state index is 0.0802. The van der Waals surface area contributed by atoms with Crippen LogP contribution in [0.4, 0.5) is 0 Å². The minimum atomic E-state index is -0.0802. The van der Waals surface area contributed by atoms with Crippen LogP contribution in [0.2, 0.25) is 0 Å². The Labute approximate surface area is 111 Å². The summed E-state index contributed by atoms with van der Waals surface area (Å²) in [5, 5.41) is 6.95. The number of hydrogen-bond donors (Lipinski definition) is 1. The number of rotatable bonds is 7. The van der Waals surface area contributed by atoms with E-state index in [1.54, 1.807) is 0 Å². The molecule has 0 aliphatic carbocycles. The van der Waals surface area contributed by atoms with Crippen molar-refractivity contribution in [3.05, 3.63) is 10.6 Å². The lowest BCUT2D eigenvalue weighted by Gasteiger charge is -2.07. The van der Waals surface area contributed by atoms with Crippen molar-refractivity contribution in [2.45, 2.75) is 44.9 Å². The van der Waals surface area contributed by atoms with Gasteiger partial charge in [0.1, 0.15) is 4.88 Å². The van der Waals surface area contributed by atoms with Crippen LogP contribution in [0.5, 0.6) is 0 Å². The average Bonchev–Trinajstić information content (AvgIpc) is 2.77. The first-order chi connectivity index (χ1) is 8.19. The maximum Gasteiger partial charge on any atom is 0.264 e. The van der Waals surface area contributed by atoms with Gasteiger partial charge in [0.25, 0.3) is 5.91 Å². The van der Waals surface area contributed by atoms with Gasteiger partial charge < -0.3 is 5.32 Å². The number of hydrogen-bond acceptors (Lipinski definition) is 4. The molecule has 0 aliphatic heterocycles. The SMILES string of the molecule is CCCc1nnsc1C(=O)NCCC(Cl)CC. The van der Waals surface area contributed by atoms with Crippen LogP contribution in [0.1, 0.15) is 48.5 Å². The van der Waals surface area contributed by atoms with Gasteiger partial charge >= 0.3 is 0 Å². The molecular weight excluding hydrogens is 258 g/mol. The van der Waals surface area contributed by atoms with Crippen molar-refractivity contribution in [1.82, 2.24) is 14.9 Å². The predicted molar refractivity (Wildman–Crippen MR) is 70.8 cm³/mol. The van der Waals surface area contributed by atoms with E-state index in [0.717, 1.165) is 42.9 Å². The highest BCUT2D eigenvalue weighted by atomic mass is 35.5. The molecule has 6 heteroatoms. The molecule has 17 heavy (non-hydrogen) atoms. The number of halogens is 1. The van der Waals surface area contributed by atoms with E-state index in [0.29, 0.717) is 11.4 Å². The van der Waals surface area contributed by atoms with Crippen molar-refractivity contribution in [2.24, 2.45) is 0 Å². The molecule has 0 bridgehead atoms. The van der Waals surface area contributed by atoms with Crippen molar-refractivity contribution >= 4 is 29.0 Å². The Balaban J connectivity index is 2.43. The molecule has 1 aromatic rings. The summed E-state index contributed by atoms with van der Waals surface area (Å²) in [6.07, 6.45) is 3.47. The highest BCUT2D eigenvalue weighted by Crippen LogP contribution is 2.12. The third kappa shape index (κ3) is 4.60. The smallest absolute Gasteiger partial charge is 0.264 e. The van der Waals surface area contributed by atoms with E-state index in [9.17, 15) is 4.79 Å². The zero-order chi connectivity index (χ0) is 12.7. The quantitative estimate of drug-likeness (QED) is 0.779. The normalized spacial score (nSPS) is 12.4. The molecule has 4 nitrogen and oxygen atoms in total. The van der Waals surface area contributed by atoms with Crippen LogP contribution < -0.4 is 5.32 Å². The first-order valence-corrected chi connectivity index (χ1v) is 7.13. The maximum absolute atomic E-state index is 11.8. The van der Waals surface area contributed by atoms with Gasteiger partial charge in [-0.25, -0.2) is 0 Å². The Morgan fingerprint density at radius 3 is 2.94 bits per heavy atom. The first-order valence-electron chi connectivity index (χ1n) is 5.92. The van der Waals surface area contributed by atoms with Crippen LogP contribution in [0.3, 0.4) is 0 Å². The van der Waals surface area contributed by atoms with Gasteiger partial charge in [-0.3, -0.25) is 4.79 Å². The average molecular weight is 276 g/mol. The number of nitrogens with zero attached hydrogens (tertiary/aromatic N) is 2. The second-order valence-electron chi connectivity index (χ2n) is 3.85. The van der Waals surface area contributed by atoms with Gasteiger partial charge in [-0.15, -0.1) is 16.7 Å². The van der Waals surface area contributed by atoms with E-state index >= 15 is 0 Å². The third-order valence-electron chi connectivity index (χ3n) is 2.43. The molecule has 96 valence electrons. The van der Waals surface area contributed by atoms with Crippen LogP contribution >= 0.6 is 23.1 Å². The van der Waals surface area contributed by atoms with Gasteiger partial charge in [0.2, 0.25) is 0 Å². The van der Waals surface area contributed by atoms with E-state index in [2.05, 4.69) is 21.8 Å². The fraction of sp³-hybridized carbons (Fsp3) is 0.727. The third-order valence-corrected chi connectivity index (χ3v) is 3.73. The van der Waals surface area contributed by atoms with Crippen molar-refractivity contribution < 1.29 is 4.79 Å². The standard InChI is InChI=1S/C11H18ClN3OS/c1-3-5-9-10(17-15-14-9)11(16)13-7-6-8(12)4-2/h8H,3-7H2,1-2H3,(H,13,16). The summed E-state index contributed by atoms with van der Waals surface area (Å²) in [5.74, 6) is -0.0802. The highest BCUT2D eigenvalue weighted by molar-refractivity contribution is 7.08. The monoisotopic (exact) mass is 275 g/mol. The molecule has 0 radical (unpaired) electrons. The van der Waals surface area contributed by atoms with Gasteiger partial charge in [-0.05, 0) is 30.8 Å². The van der Waals surface area contributed by atoms with Crippen LogP contribution in [0.25, 0.3) is 0 Å². The number of alkyl halides is 1. The summed E-state index contributed by atoms with van der Waals surface area (Å²) in [7, 11) is 0. The molecular formula is C11H18ClN3OS. The lowest BCUT2D eigenvalue weighted by atomic mass is 10.2. The minimum Gasteiger partial charge on any atom is -0.351 e. The topological polar surface area (TPSA) is 54.9 Å². The number of amides is 1. The van der Waals surface area contributed by atoms with Gasteiger partial charge in [0.05, 0.1) is 5.69 Å². The molecule has 0 aromatic carbocycles. The summed E-state index contributed by atoms with van der Waals surface area (Å²) in [6.45, 7) is 4.69. The van der Waals surface area contributed by atoms with Crippen molar-refractivity contribution in [2.75, 3.05) is 6.54 Å². The molecule has 1 atom stereocenters. The summed E-state index contributed by atoms with van der Waals surface area (Å²) in [5.41, 5.74) is 0.799. The molecule has 0 saturated heterocycles. The summed E-state index contributed by atoms with van der Waals surface area (Å²) < 4.78 is 3.83. The highest BCUT2D eigenvalue weighted by Gasteiger charge is 2.15. The molecule has 0 saturated carbocycles. The Hall–Kier alpha value is -0.680. The molecule has 0 aliphatic rings. The van der Waals surface area contributed by atoms with Crippen LogP contribution in [0, 0.1) is 0 Å². The predicted octanol–water partition coefficient (Wildman–Crippen LogP) is 2.63. The molecule has 1 unspecified atom stereocenters. The Morgan fingerprint density at radius 1 is 1.53 bits per heavy atom. The summed E-state index contributed by atoms with van der Waals surface area (Å²) in [4.78, 5) is 12.5. The van der Waals surface area contributed by atoms with E-state index in [4.69, 9.17) is 11.6 Å². The molecule has 1 heterocycles. The Morgan fingerprint density at radius 2 is 2.29 bits per heavy atom. The fourth-order valence-corrected chi connectivity index (χ4v) is 2.14. The van der Waals surface area contributed by atoms with Gasteiger partial charge in [-0.2, -0.15) is 0 Å². The van der Waals surface area contributed by atoms with E-state index in [1.807, 2.05) is 6.92 Å². The molecule has 1 amide bonds. The van der Waals surface area contributed by atoms with E-state index in [1.165, 1.54) is 0 Å². The van der Waals surface area contributed by atoms with Crippen LogP contribution in [-0.2, 0) is 6.42 Å². The number of aromatic nitrogens is 2. The molecule has 0 fully saturated rings. The van der Waals surface area contributed by atoms with Crippen LogP contribution in [-0.4, -0.2) is 27.4 Å². The Bertz CT molecular complexity index is 356. The van der Waals surface area contributed by atoms with Gasteiger partial charge in [-0.1, -0.05) is 24.8 Å². The lowest BCUT2D eigenvalue weighted by Crippen LogP contribution is -2.26. The van der Waals surface area contributed by atoms with Crippen LogP contribution in [0.15, 0.2) is 0 Å². The van der Waals surface area contributed by atoms with Gasteiger partial charge in [0, 0.05) is 11.9 Å². The summed E-state index contributed by atoms with van der Waals surface area (Å²) >= 11 is 7.14. The number of aryl methyl sites for hydroxylation is 1. The number of carbonyl (C=O) groups excluding carboxylic acids is 1. The molecule has 1 N–H and O–H groups in total. The second-order valence-corrected chi connectivity index (χ2v) is 5.22. The summed E-state index contributed by atoms with van der Waals surface area (Å²) in [6, 6.07) is 0. The molecule has 1 rings (SSSR count). The van der Waals surface area contributed by atoms with Crippen molar-refractivity contribution in [1.29, 1.82) is 0 Å². The van der Waals surface area contributed by atoms with E-state index < -0.39 is 0 Å². The Kier molecular flexibility index (Phi) is 6.44. The number of nitrogens with one attached hydrogen (secondary N) is 1. The van der Waals surface area contributed by atoms with E-state index in [-0.39, 0.29) is 11.3 Å². The maximum atomic E-state index is 11.8. The fourth-order valence-electron chi connectivity index (χ4n) is 1.41. The molecule has 0 spiro atoms. The lowest BCUT2D eigenvalue weighted by molar-refractivity contribution is 0.0956. The molecule has 1 aromatic heterocycles. The largest absolute Gasteiger partial charge is 0.351 e. The van der Waals surface area contributed by atoms with Gasteiger partial charge in [0.15, 0.2) is 0 Å². The zero-order valence-electron chi connectivity index (χ0n) is 10.2. The first kappa shape index (κ1) is 14.4. The second kappa shape index (κ2) is 7.61. The van der Waals surface area contributed by atoms with Crippen molar-refractivity contribution in [3.8, 4) is 0 Å². The van der Waals surface area contributed by atoms with Crippen molar-refractivity contribution in [3.63, 3.8) is 0 Å².